The van der Waals surface area contributed by atoms with Gasteiger partial charge in [-0.1, -0.05) is 0 Å². The fraction of sp³-hybridized carbons (Fsp3) is 0.400. The SMILES string of the molecule is CNC(Cc1nc(C)cs1)c1ccc(OC)c(Br)c1OC. The Morgan fingerprint density at radius 2 is 2.10 bits per heavy atom. The number of halogens is 1. The Bertz CT molecular complexity index is 616. The van der Waals surface area contributed by atoms with E-state index in [4.69, 9.17) is 9.47 Å². The summed E-state index contributed by atoms with van der Waals surface area (Å²) in [7, 11) is 5.26. The van der Waals surface area contributed by atoms with Gasteiger partial charge in [-0.05, 0) is 42.0 Å². The quantitative estimate of drug-likeness (QED) is 0.840. The number of aromatic nitrogens is 1. The van der Waals surface area contributed by atoms with E-state index in [0.717, 1.165) is 38.7 Å². The number of thiazole rings is 1. The van der Waals surface area contributed by atoms with E-state index in [1.165, 1.54) is 0 Å². The average Bonchev–Trinajstić information content (AvgIpc) is 2.89. The van der Waals surface area contributed by atoms with Gasteiger partial charge in [0.25, 0.3) is 0 Å². The molecule has 0 spiro atoms. The smallest absolute Gasteiger partial charge is 0.141 e. The van der Waals surface area contributed by atoms with Crippen LogP contribution in [-0.4, -0.2) is 26.3 Å². The summed E-state index contributed by atoms with van der Waals surface area (Å²) >= 11 is 5.23. The van der Waals surface area contributed by atoms with Gasteiger partial charge in [-0.3, -0.25) is 0 Å². The molecule has 0 fully saturated rings. The number of benzene rings is 1. The Labute approximate surface area is 137 Å². The predicted octanol–water partition coefficient (Wildman–Crippen LogP) is 3.73. The van der Waals surface area contributed by atoms with Gasteiger partial charge in [-0.2, -0.15) is 0 Å². The van der Waals surface area contributed by atoms with E-state index in [9.17, 15) is 0 Å². The van der Waals surface area contributed by atoms with Gasteiger partial charge in [0.05, 0.1) is 19.2 Å². The Morgan fingerprint density at radius 3 is 2.62 bits per heavy atom. The first-order valence-corrected chi connectivity index (χ1v) is 8.26. The molecule has 2 rings (SSSR count). The van der Waals surface area contributed by atoms with Gasteiger partial charge in [0, 0.05) is 29.1 Å². The Kier molecular flexibility index (Phi) is 5.61. The minimum atomic E-state index is 0.132. The van der Waals surface area contributed by atoms with Crippen molar-refractivity contribution in [1.82, 2.24) is 10.3 Å². The molecule has 0 radical (unpaired) electrons. The highest BCUT2D eigenvalue weighted by Gasteiger charge is 2.20. The number of nitrogens with one attached hydrogen (secondary N) is 1. The Balaban J connectivity index is 2.35. The third-order valence-corrected chi connectivity index (χ3v) is 5.03. The number of rotatable bonds is 6. The molecule has 1 aromatic carbocycles. The zero-order valence-electron chi connectivity index (χ0n) is 12.6. The third-order valence-electron chi connectivity index (χ3n) is 3.29. The molecule has 114 valence electrons. The van der Waals surface area contributed by atoms with Crippen LogP contribution in [-0.2, 0) is 6.42 Å². The van der Waals surface area contributed by atoms with Crippen LogP contribution in [0.5, 0.6) is 11.5 Å². The van der Waals surface area contributed by atoms with Crippen LogP contribution >= 0.6 is 27.3 Å². The molecule has 4 nitrogen and oxygen atoms in total. The summed E-state index contributed by atoms with van der Waals surface area (Å²) in [6.45, 7) is 2.01. The summed E-state index contributed by atoms with van der Waals surface area (Å²) < 4.78 is 11.7. The van der Waals surface area contributed by atoms with Crippen LogP contribution in [0.4, 0.5) is 0 Å². The van der Waals surface area contributed by atoms with Crippen molar-refractivity contribution in [3.8, 4) is 11.5 Å². The maximum atomic E-state index is 5.56. The van der Waals surface area contributed by atoms with Crippen molar-refractivity contribution < 1.29 is 9.47 Å². The van der Waals surface area contributed by atoms with Gasteiger partial charge < -0.3 is 14.8 Å². The summed E-state index contributed by atoms with van der Waals surface area (Å²) in [6, 6.07) is 4.11. The average molecular weight is 371 g/mol. The molecule has 0 saturated carbocycles. The molecule has 1 N–H and O–H groups in total. The van der Waals surface area contributed by atoms with Crippen LogP contribution in [0.3, 0.4) is 0 Å². The zero-order chi connectivity index (χ0) is 15.4. The van der Waals surface area contributed by atoms with E-state index in [-0.39, 0.29) is 6.04 Å². The number of ether oxygens (including phenoxy) is 2. The van der Waals surface area contributed by atoms with Crippen molar-refractivity contribution in [3.05, 3.63) is 38.3 Å². The van der Waals surface area contributed by atoms with E-state index in [1.807, 2.05) is 26.1 Å². The molecule has 0 amide bonds. The van der Waals surface area contributed by atoms with Crippen molar-refractivity contribution in [2.75, 3.05) is 21.3 Å². The van der Waals surface area contributed by atoms with Gasteiger partial charge >= 0.3 is 0 Å². The van der Waals surface area contributed by atoms with Gasteiger partial charge in [0.15, 0.2) is 0 Å². The molecule has 1 unspecified atom stereocenters. The van der Waals surface area contributed by atoms with Gasteiger partial charge in [-0.25, -0.2) is 4.98 Å². The zero-order valence-corrected chi connectivity index (χ0v) is 15.0. The second kappa shape index (κ2) is 7.24. The Morgan fingerprint density at radius 1 is 1.33 bits per heavy atom. The van der Waals surface area contributed by atoms with Crippen LogP contribution in [0.15, 0.2) is 22.0 Å². The lowest BCUT2D eigenvalue weighted by Gasteiger charge is -2.20. The highest BCUT2D eigenvalue weighted by atomic mass is 79.9. The van der Waals surface area contributed by atoms with Gasteiger partial charge in [0.1, 0.15) is 16.0 Å². The monoisotopic (exact) mass is 370 g/mol. The van der Waals surface area contributed by atoms with Crippen molar-refractivity contribution in [1.29, 1.82) is 0 Å². The molecule has 0 aliphatic rings. The summed E-state index contributed by atoms with van der Waals surface area (Å²) in [6.07, 6.45) is 0.824. The topological polar surface area (TPSA) is 43.4 Å². The number of methoxy groups -OCH3 is 2. The Hall–Kier alpha value is -1.11. The van der Waals surface area contributed by atoms with Crippen molar-refractivity contribution in [2.45, 2.75) is 19.4 Å². The van der Waals surface area contributed by atoms with Crippen LogP contribution in [0, 0.1) is 6.92 Å². The lowest BCUT2D eigenvalue weighted by atomic mass is 10.0. The van der Waals surface area contributed by atoms with Crippen molar-refractivity contribution in [3.63, 3.8) is 0 Å². The number of hydrogen-bond acceptors (Lipinski definition) is 5. The molecule has 21 heavy (non-hydrogen) atoms. The largest absolute Gasteiger partial charge is 0.495 e. The lowest BCUT2D eigenvalue weighted by Crippen LogP contribution is -2.19. The fourth-order valence-corrected chi connectivity index (χ4v) is 3.73. The molecular weight excluding hydrogens is 352 g/mol. The van der Waals surface area contributed by atoms with Crippen LogP contribution in [0.2, 0.25) is 0 Å². The molecule has 1 heterocycles. The molecule has 1 atom stereocenters. The predicted molar refractivity (Wildman–Crippen MR) is 89.6 cm³/mol. The second-order valence-corrected chi connectivity index (χ2v) is 6.37. The summed E-state index contributed by atoms with van der Waals surface area (Å²) in [5.74, 6) is 1.55. The van der Waals surface area contributed by atoms with Crippen LogP contribution < -0.4 is 14.8 Å². The highest BCUT2D eigenvalue weighted by molar-refractivity contribution is 9.10. The van der Waals surface area contributed by atoms with Crippen molar-refractivity contribution >= 4 is 27.3 Å². The highest BCUT2D eigenvalue weighted by Crippen LogP contribution is 2.40. The van der Waals surface area contributed by atoms with Crippen molar-refractivity contribution in [2.24, 2.45) is 0 Å². The molecule has 0 aliphatic heterocycles. The first-order chi connectivity index (χ1) is 10.1. The van der Waals surface area contributed by atoms with E-state index in [0.29, 0.717) is 0 Å². The second-order valence-electron chi connectivity index (χ2n) is 4.63. The van der Waals surface area contributed by atoms with Gasteiger partial charge in [-0.15, -0.1) is 11.3 Å². The van der Waals surface area contributed by atoms with Crippen LogP contribution in [0.25, 0.3) is 0 Å². The first-order valence-electron chi connectivity index (χ1n) is 6.59. The molecule has 2 aromatic rings. The maximum Gasteiger partial charge on any atom is 0.141 e. The molecule has 6 heteroatoms. The van der Waals surface area contributed by atoms with E-state index >= 15 is 0 Å². The number of hydrogen-bond donors (Lipinski definition) is 1. The molecule has 1 aromatic heterocycles. The number of aryl methyl sites for hydroxylation is 1. The summed E-state index contributed by atoms with van der Waals surface area (Å²) in [5, 5.41) is 6.53. The van der Waals surface area contributed by atoms with E-state index < -0.39 is 0 Å². The standard InChI is InChI=1S/C15H19BrN2O2S/c1-9-8-21-13(18-9)7-11(17-2)10-5-6-12(19-3)14(16)15(10)20-4/h5-6,8,11,17H,7H2,1-4H3. The lowest BCUT2D eigenvalue weighted by molar-refractivity contribution is 0.381. The summed E-state index contributed by atoms with van der Waals surface area (Å²) in [5.41, 5.74) is 2.15. The van der Waals surface area contributed by atoms with Crippen LogP contribution in [0.1, 0.15) is 22.3 Å². The minimum Gasteiger partial charge on any atom is -0.495 e. The van der Waals surface area contributed by atoms with Gasteiger partial charge in [0.2, 0.25) is 0 Å². The number of nitrogens with zero attached hydrogens (tertiary/aromatic N) is 1. The molecule has 0 saturated heterocycles. The third kappa shape index (κ3) is 3.56. The summed E-state index contributed by atoms with van der Waals surface area (Å²) in [4.78, 5) is 4.54. The van der Waals surface area contributed by atoms with E-state index in [2.05, 4.69) is 31.6 Å². The van der Waals surface area contributed by atoms with E-state index in [1.54, 1.807) is 25.6 Å². The normalized spacial score (nSPS) is 12.2. The molecule has 0 aliphatic carbocycles. The minimum absolute atomic E-state index is 0.132. The maximum absolute atomic E-state index is 5.56. The molecule has 0 bridgehead atoms. The molecular formula is C15H19BrN2O2S. The fourth-order valence-electron chi connectivity index (χ4n) is 2.23. The number of likely N-dealkylation sites (N-methyl/N-ethyl adjacent to an activating group) is 1. The first kappa shape index (κ1) is 16.3.